The van der Waals surface area contributed by atoms with Gasteiger partial charge in [-0.3, -0.25) is 9.59 Å². The molecule has 2 rings (SSSR count). The second kappa shape index (κ2) is 9.02. The van der Waals surface area contributed by atoms with Gasteiger partial charge in [-0.25, -0.2) is 0 Å². The van der Waals surface area contributed by atoms with E-state index in [1.807, 2.05) is 34.1 Å². The summed E-state index contributed by atoms with van der Waals surface area (Å²) < 4.78 is 0. The van der Waals surface area contributed by atoms with E-state index in [9.17, 15) is 9.59 Å². The van der Waals surface area contributed by atoms with Crippen molar-refractivity contribution in [2.45, 2.75) is 52.9 Å². The Balaban J connectivity index is 1.86. The van der Waals surface area contributed by atoms with E-state index >= 15 is 0 Å². The normalized spacial score (nSPS) is 16.2. The molecule has 2 amide bonds. The van der Waals surface area contributed by atoms with Crippen LogP contribution in [0.25, 0.3) is 0 Å². The van der Waals surface area contributed by atoms with Crippen molar-refractivity contribution < 1.29 is 9.59 Å². The molecule has 1 aromatic rings. The Morgan fingerprint density at radius 1 is 0.960 bits per heavy atom. The average Bonchev–Trinajstić information content (AvgIpc) is 2.61. The molecular weight excluding hydrogens is 312 g/mol. The van der Waals surface area contributed by atoms with E-state index in [2.05, 4.69) is 27.7 Å². The van der Waals surface area contributed by atoms with Crippen molar-refractivity contribution in [3.63, 3.8) is 0 Å². The summed E-state index contributed by atoms with van der Waals surface area (Å²) in [4.78, 5) is 28.8. The van der Waals surface area contributed by atoms with E-state index in [0.717, 1.165) is 18.4 Å². The van der Waals surface area contributed by atoms with Crippen LogP contribution in [-0.4, -0.2) is 47.8 Å². The van der Waals surface area contributed by atoms with Gasteiger partial charge in [0, 0.05) is 38.2 Å². The van der Waals surface area contributed by atoms with Crippen LogP contribution in [0.1, 0.15) is 68.8 Å². The summed E-state index contributed by atoms with van der Waals surface area (Å²) in [5.41, 5.74) is 1.98. The first-order valence-electron chi connectivity index (χ1n) is 9.59. The molecule has 0 aliphatic carbocycles. The minimum Gasteiger partial charge on any atom is -0.339 e. The molecule has 1 atom stereocenters. The molecule has 0 spiro atoms. The summed E-state index contributed by atoms with van der Waals surface area (Å²) in [7, 11) is 0. The minimum atomic E-state index is 0.0711. The van der Waals surface area contributed by atoms with Crippen molar-refractivity contribution in [2.75, 3.05) is 26.2 Å². The van der Waals surface area contributed by atoms with Gasteiger partial charge in [-0.1, -0.05) is 52.7 Å². The van der Waals surface area contributed by atoms with Gasteiger partial charge in [-0.05, 0) is 29.5 Å². The van der Waals surface area contributed by atoms with Gasteiger partial charge < -0.3 is 9.80 Å². The number of nitrogens with zero attached hydrogens (tertiary/aromatic N) is 2. The summed E-state index contributed by atoms with van der Waals surface area (Å²) in [5.74, 6) is 1.21. The molecule has 0 aromatic heterocycles. The number of hydrogen-bond donors (Lipinski definition) is 0. The van der Waals surface area contributed by atoms with Crippen molar-refractivity contribution in [1.82, 2.24) is 9.80 Å². The third kappa shape index (κ3) is 5.32. The van der Waals surface area contributed by atoms with Crippen LogP contribution in [0.4, 0.5) is 0 Å². The first-order valence-corrected chi connectivity index (χ1v) is 9.59. The fourth-order valence-electron chi connectivity index (χ4n) is 3.37. The monoisotopic (exact) mass is 344 g/mol. The molecule has 25 heavy (non-hydrogen) atoms. The number of amides is 2. The van der Waals surface area contributed by atoms with Gasteiger partial charge in [-0.15, -0.1) is 0 Å². The van der Waals surface area contributed by atoms with Gasteiger partial charge in [0.2, 0.25) is 5.91 Å². The Hall–Kier alpha value is -1.84. The van der Waals surface area contributed by atoms with Gasteiger partial charge in [0.1, 0.15) is 0 Å². The molecule has 1 saturated heterocycles. The summed E-state index contributed by atoms with van der Waals surface area (Å²) in [6, 6.07) is 7.91. The maximum absolute atomic E-state index is 12.6. The molecule has 1 aromatic carbocycles. The number of carbonyl (C=O) groups is 2. The van der Waals surface area contributed by atoms with Gasteiger partial charge in [0.15, 0.2) is 0 Å². The molecule has 1 unspecified atom stereocenters. The van der Waals surface area contributed by atoms with Gasteiger partial charge in [-0.2, -0.15) is 0 Å². The lowest BCUT2D eigenvalue weighted by Crippen LogP contribution is -2.50. The highest BCUT2D eigenvalue weighted by Crippen LogP contribution is 2.17. The van der Waals surface area contributed by atoms with Crippen LogP contribution in [0.15, 0.2) is 24.3 Å². The van der Waals surface area contributed by atoms with Crippen molar-refractivity contribution in [1.29, 1.82) is 0 Å². The number of carbonyl (C=O) groups excluding carboxylic acids is 2. The minimum absolute atomic E-state index is 0.0711. The maximum atomic E-state index is 12.6. The molecule has 0 saturated carbocycles. The molecule has 4 heteroatoms. The topological polar surface area (TPSA) is 40.6 Å². The van der Waals surface area contributed by atoms with Gasteiger partial charge in [0.25, 0.3) is 5.91 Å². The van der Waals surface area contributed by atoms with Gasteiger partial charge in [0.05, 0.1) is 0 Å². The highest BCUT2D eigenvalue weighted by molar-refractivity contribution is 5.94. The first kappa shape index (κ1) is 19.5. The number of piperazine rings is 1. The molecule has 1 heterocycles. The molecule has 0 radical (unpaired) electrons. The molecule has 0 N–H and O–H groups in total. The maximum Gasteiger partial charge on any atom is 0.253 e. The van der Waals surface area contributed by atoms with Crippen LogP contribution in [-0.2, 0) is 4.79 Å². The Bertz CT molecular complexity index is 572. The Kier molecular flexibility index (Phi) is 7.03. The van der Waals surface area contributed by atoms with Crippen LogP contribution in [0.2, 0.25) is 0 Å². The highest BCUT2D eigenvalue weighted by Gasteiger charge is 2.25. The molecule has 0 bridgehead atoms. The highest BCUT2D eigenvalue weighted by atomic mass is 16.2. The Morgan fingerprint density at radius 3 is 2.04 bits per heavy atom. The molecule has 1 aliphatic rings. The van der Waals surface area contributed by atoms with Crippen molar-refractivity contribution in [3.05, 3.63) is 35.4 Å². The number of rotatable bonds is 6. The second-order valence-electron chi connectivity index (χ2n) is 7.55. The van der Waals surface area contributed by atoms with E-state index in [1.54, 1.807) is 0 Å². The quantitative estimate of drug-likeness (QED) is 0.785. The van der Waals surface area contributed by atoms with Crippen molar-refractivity contribution >= 4 is 11.8 Å². The summed E-state index contributed by atoms with van der Waals surface area (Å²) in [5, 5.41) is 0. The molecule has 138 valence electrons. The average molecular weight is 344 g/mol. The van der Waals surface area contributed by atoms with Crippen LogP contribution < -0.4 is 0 Å². The van der Waals surface area contributed by atoms with Crippen LogP contribution >= 0.6 is 0 Å². The standard InChI is InChI=1S/C21H32N2O2/c1-5-6-17(4)15-20(24)22-11-13-23(14-12-22)21(25)19-9-7-18(8-10-19)16(2)3/h7-10,16-17H,5-6,11-15H2,1-4H3. The number of hydrogen-bond acceptors (Lipinski definition) is 2. The Labute approximate surface area is 152 Å². The smallest absolute Gasteiger partial charge is 0.253 e. The van der Waals surface area contributed by atoms with E-state index in [0.29, 0.717) is 44.4 Å². The third-order valence-electron chi connectivity index (χ3n) is 5.05. The van der Waals surface area contributed by atoms with E-state index < -0.39 is 0 Å². The van der Waals surface area contributed by atoms with E-state index in [4.69, 9.17) is 0 Å². The number of benzene rings is 1. The lowest BCUT2D eigenvalue weighted by molar-refractivity contribution is -0.133. The fourth-order valence-corrected chi connectivity index (χ4v) is 3.37. The SMILES string of the molecule is CCCC(C)CC(=O)N1CCN(C(=O)c2ccc(C(C)C)cc2)CC1. The summed E-state index contributed by atoms with van der Waals surface area (Å²) in [6.45, 7) is 11.1. The molecule has 1 fully saturated rings. The zero-order valence-corrected chi connectivity index (χ0v) is 16.1. The van der Waals surface area contributed by atoms with Crippen LogP contribution in [0.3, 0.4) is 0 Å². The zero-order chi connectivity index (χ0) is 18.4. The fraction of sp³-hybridized carbons (Fsp3) is 0.619. The van der Waals surface area contributed by atoms with Crippen molar-refractivity contribution in [2.24, 2.45) is 5.92 Å². The summed E-state index contributed by atoms with van der Waals surface area (Å²) in [6.07, 6.45) is 2.83. The first-order chi connectivity index (χ1) is 11.9. The largest absolute Gasteiger partial charge is 0.339 e. The van der Waals surface area contributed by atoms with E-state index in [1.165, 1.54) is 5.56 Å². The molecule has 4 nitrogen and oxygen atoms in total. The van der Waals surface area contributed by atoms with Crippen molar-refractivity contribution in [3.8, 4) is 0 Å². The van der Waals surface area contributed by atoms with Crippen LogP contribution in [0.5, 0.6) is 0 Å². The third-order valence-corrected chi connectivity index (χ3v) is 5.05. The predicted molar refractivity (Wildman–Crippen MR) is 102 cm³/mol. The predicted octanol–water partition coefficient (Wildman–Crippen LogP) is 3.92. The lowest BCUT2D eigenvalue weighted by atomic mass is 10.0. The summed E-state index contributed by atoms with van der Waals surface area (Å²) >= 11 is 0. The molecule has 1 aliphatic heterocycles. The second-order valence-corrected chi connectivity index (χ2v) is 7.55. The van der Waals surface area contributed by atoms with Crippen LogP contribution in [0, 0.1) is 5.92 Å². The van der Waals surface area contributed by atoms with E-state index in [-0.39, 0.29) is 11.8 Å². The zero-order valence-electron chi connectivity index (χ0n) is 16.1. The molecular formula is C21H32N2O2. The lowest BCUT2D eigenvalue weighted by Gasteiger charge is -2.35. The van der Waals surface area contributed by atoms with Gasteiger partial charge >= 0.3 is 0 Å². The Morgan fingerprint density at radius 2 is 1.52 bits per heavy atom.